The topological polar surface area (TPSA) is 69.7 Å². The molecule has 1 heterocycles. The van der Waals surface area contributed by atoms with Crippen molar-refractivity contribution in [1.29, 1.82) is 0 Å². The van der Waals surface area contributed by atoms with E-state index in [-0.39, 0.29) is 12.1 Å². The number of nitrogens with two attached hydrogens (primary N) is 1. The van der Waals surface area contributed by atoms with E-state index in [0.29, 0.717) is 12.3 Å². The predicted octanol–water partition coefficient (Wildman–Crippen LogP) is 2.67. The highest BCUT2D eigenvalue weighted by atomic mass is 16.3. The highest BCUT2D eigenvalue weighted by molar-refractivity contribution is 5.67. The first-order valence-corrected chi connectivity index (χ1v) is 8.25. The van der Waals surface area contributed by atoms with Crippen LogP contribution < -0.4 is 10.6 Å². The van der Waals surface area contributed by atoms with Crippen molar-refractivity contribution in [3.05, 3.63) is 23.3 Å². The van der Waals surface area contributed by atoms with E-state index in [1.807, 2.05) is 0 Å². The summed E-state index contributed by atoms with van der Waals surface area (Å²) in [6.45, 7) is 9.36. The zero-order chi connectivity index (χ0) is 16.5. The molecule has 1 aliphatic heterocycles. The van der Waals surface area contributed by atoms with E-state index in [0.717, 1.165) is 25.1 Å². The second kappa shape index (κ2) is 6.47. The third-order valence-corrected chi connectivity index (χ3v) is 4.83. The minimum Gasteiger partial charge on any atom is -0.398 e. The minimum absolute atomic E-state index is 0.0482. The summed E-state index contributed by atoms with van der Waals surface area (Å²) in [4.78, 5) is 2.37. The fourth-order valence-corrected chi connectivity index (χ4v) is 3.31. The van der Waals surface area contributed by atoms with Crippen LogP contribution in [0.2, 0.25) is 0 Å². The molecule has 22 heavy (non-hydrogen) atoms. The summed E-state index contributed by atoms with van der Waals surface area (Å²) >= 11 is 0. The molecule has 0 aromatic heterocycles. The van der Waals surface area contributed by atoms with Crippen molar-refractivity contribution in [3.8, 4) is 0 Å². The van der Waals surface area contributed by atoms with Crippen molar-refractivity contribution in [3.63, 3.8) is 0 Å². The Morgan fingerprint density at radius 1 is 1.32 bits per heavy atom. The molecule has 4 heteroatoms. The minimum atomic E-state index is -0.653. The average molecular weight is 306 g/mol. The van der Waals surface area contributed by atoms with Gasteiger partial charge in [0.1, 0.15) is 0 Å². The van der Waals surface area contributed by atoms with Gasteiger partial charge in [-0.15, -0.1) is 0 Å². The molecule has 0 spiro atoms. The molecule has 0 saturated heterocycles. The van der Waals surface area contributed by atoms with E-state index in [2.05, 4.69) is 44.7 Å². The molecule has 4 nitrogen and oxygen atoms in total. The largest absolute Gasteiger partial charge is 0.398 e. The van der Waals surface area contributed by atoms with Crippen LogP contribution in [0.25, 0.3) is 0 Å². The Bertz CT molecular complexity index is 526. The summed E-state index contributed by atoms with van der Waals surface area (Å²) in [7, 11) is 0. The first-order valence-electron chi connectivity index (χ1n) is 8.25. The summed E-state index contributed by atoms with van der Waals surface area (Å²) in [6, 6.07) is 4.34. The van der Waals surface area contributed by atoms with Gasteiger partial charge in [-0.3, -0.25) is 0 Å². The smallest absolute Gasteiger partial charge is 0.0787 e. The van der Waals surface area contributed by atoms with Gasteiger partial charge in [0.25, 0.3) is 0 Å². The summed E-state index contributed by atoms with van der Waals surface area (Å²) < 4.78 is 0. The molecule has 1 aliphatic rings. The van der Waals surface area contributed by atoms with Gasteiger partial charge in [0.15, 0.2) is 0 Å². The Morgan fingerprint density at radius 2 is 2.00 bits per heavy atom. The Labute approximate surface area is 133 Å². The predicted molar refractivity (Wildman–Crippen MR) is 92.4 cm³/mol. The molecule has 1 aromatic carbocycles. The summed E-state index contributed by atoms with van der Waals surface area (Å²) in [5.74, 6) is 0.389. The Morgan fingerprint density at radius 3 is 2.59 bits per heavy atom. The van der Waals surface area contributed by atoms with Crippen LogP contribution in [0.3, 0.4) is 0 Å². The molecule has 0 saturated carbocycles. The van der Waals surface area contributed by atoms with E-state index in [9.17, 15) is 5.11 Å². The number of aryl methyl sites for hydroxylation is 1. The van der Waals surface area contributed by atoms with Gasteiger partial charge in [0.05, 0.1) is 12.7 Å². The van der Waals surface area contributed by atoms with Crippen LogP contribution in [0.15, 0.2) is 12.1 Å². The number of anilines is 2. The van der Waals surface area contributed by atoms with E-state index >= 15 is 0 Å². The van der Waals surface area contributed by atoms with Crippen molar-refractivity contribution in [2.75, 3.05) is 23.8 Å². The number of benzene rings is 1. The standard InChI is InChI=1S/C18H30N2O2/c1-12(2)15-10-17-13(9-16(15)19)5-7-18(3,4)20(17)8-6-14(22)11-21/h9-10,12,14,21-22H,5-8,11,19H2,1-4H3. The number of hydrogen-bond donors (Lipinski definition) is 3. The van der Waals surface area contributed by atoms with Gasteiger partial charge >= 0.3 is 0 Å². The van der Waals surface area contributed by atoms with Crippen LogP contribution >= 0.6 is 0 Å². The fourth-order valence-electron chi connectivity index (χ4n) is 3.31. The molecule has 0 fully saturated rings. The number of rotatable bonds is 5. The molecular formula is C18H30N2O2. The fraction of sp³-hybridized carbons (Fsp3) is 0.667. The van der Waals surface area contributed by atoms with Gasteiger partial charge < -0.3 is 20.8 Å². The van der Waals surface area contributed by atoms with Crippen molar-refractivity contribution >= 4 is 11.4 Å². The molecule has 2 rings (SSSR count). The van der Waals surface area contributed by atoms with E-state index in [1.54, 1.807) is 0 Å². The molecule has 1 unspecified atom stereocenters. The molecule has 0 amide bonds. The van der Waals surface area contributed by atoms with Crippen LogP contribution in [0, 0.1) is 0 Å². The monoisotopic (exact) mass is 306 g/mol. The highest BCUT2D eigenvalue weighted by Gasteiger charge is 2.33. The zero-order valence-electron chi connectivity index (χ0n) is 14.3. The summed E-state index contributed by atoms with van der Waals surface area (Å²) in [5, 5.41) is 18.8. The number of aliphatic hydroxyl groups excluding tert-OH is 2. The van der Waals surface area contributed by atoms with E-state index in [4.69, 9.17) is 10.8 Å². The number of hydrogen-bond acceptors (Lipinski definition) is 4. The lowest BCUT2D eigenvalue weighted by molar-refractivity contribution is 0.0885. The lowest BCUT2D eigenvalue weighted by Gasteiger charge is -2.46. The first-order chi connectivity index (χ1) is 10.3. The van der Waals surface area contributed by atoms with Gasteiger partial charge in [-0.05, 0) is 62.3 Å². The molecule has 0 bridgehead atoms. The Hall–Kier alpha value is -1.26. The quantitative estimate of drug-likeness (QED) is 0.732. The van der Waals surface area contributed by atoms with Crippen LogP contribution in [0.1, 0.15) is 57.6 Å². The van der Waals surface area contributed by atoms with E-state index in [1.165, 1.54) is 16.8 Å². The molecule has 0 radical (unpaired) electrons. The van der Waals surface area contributed by atoms with Crippen LogP contribution in [0.4, 0.5) is 11.4 Å². The van der Waals surface area contributed by atoms with Gasteiger partial charge in [-0.25, -0.2) is 0 Å². The van der Waals surface area contributed by atoms with Gasteiger partial charge in [0.2, 0.25) is 0 Å². The number of nitrogens with zero attached hydrogens (tertiary/aromatic N) is 1. The molecule has 4 N–H and O–H groups in total. The second-order valence-corrected chi connectivity index (χ2v) is 7.35. The molecule has 1 atom stereocenters. The van der Waals surface area contributed by atoms with Gasteiger partial charge in [-0.1, -0.05) is 13.8 Å². The summed E-state index contributed by atoms with van der Waals surface area (Å²) in [6.07, 6.45) is 2.01. The number of nitrogen functional groups attached to an aromatic ring is 1. The van der Waals surface area contributed by atoms with Crippen molar-refractivity contribution in [1.82, 2.24) is 0 Å². The molecule has 1 aromatic rings. The third kappa shape index (κ3) is 3.39. The van der Waals surface area contributed by atoms with Crippen LogP contribution in [-0.4, -0.2) is 35.0 Å². The van der Waals surface area contributed by atoms with Crippen molar-refractivity contribution in [2.45, 2.75) is 64.5 Å². The number of fused-ring (bicyclic) bond motifs is 1. The van der Waals surface area contributed by atoms with E-state index < -0.39 is 6.10 Å². The lowest BCUT2D eigenvalue weighted by Crippen LogP contribution is -2.48. The normalized spacial score (nSPS) is 18.4. The van der Waals surface area contributed by atoms with Gasteiger partial charge in [0, 0.05) is 23.5 Å². The van der Waals surface area contributed by atoms with Crippen LogP contribution in [0.5, 0.6) is 0 Å². The van der Waals surface area contributed by atoms with Crippen LogP contribution in [-0.2, 0) is 6.42 Å². The van der Waals surface area contributed by atoms with Gasteiger partial charge in [-0.2, -0.15) is 0 Å². The zero-order valence-corrected chi connectivity index (χ0v) is 14.3. The Kier molecular flexibility index (Phi) is 5.03. The summed E-state index contributed by atoms with van der Waals surface area (Å²) in [5.41, 5.74) is 10.8. The molecule has 124 valence electrons. The highest BCUT2D eigenvalue weighted by Crippen LogP contribution is 2.40. The maximum Gasteiger partial charge on any atom is 0.0787 e. The molecular weight excluding hydrogens is 276 g/mol. The van der Waals surface area contributed by atoms with Crippen molar-refractivity contribution < 1.29 is 10.2 Å². The molecule has 0 aliphatic carbocycles. The lowest BCUT2D eigenvalue weighted by atomic mass is 9.84. The maximum atomic E-state index is 9.70. The SMILES string of the molecule is CC(C)c1cc2c(cc1N)CCC(C)(C)N2CCC(O)CO. The second-order valence-electron chi connectivity index (χ2n) is 7.35. The first kappa shape index (κ1) is 17.1. The van der Waals surface area contributed by atoms with Crippen molar-refractivity contribution in [2.24, 2.45) is 0 Å². The maximum absolute atomic E-state index is 9.70. The number of aliphatic hydroxyl groups is 2. The Balaban J connectivity index is 2.38. The third-order valence-electron chi connectivity index (χ3n) is 4.83. The average Bonchev–Trinajstić information content (AvgIpc) is 2.45.